The van der Waals surface area contributed by atoms with Crippen molar-refractivity contribution in [3.63, 3.8) is 0 Å². The molecule has 4 nitrogen and oxygen atoms in total. The molecule has 0 saturated carbocycles. The van der Waals surface area contributed by atoms with E-state index in [2.05, 4.69) is 15.1 Å². The zero-order valence-electron chi connectivity index (χ0n) is 10.8. The van der Waals surface area contributed by atoms with E-state index >= 15 is 0 Å². The Balaban J connectivity index is 1.97. The van der Waals surface area contributed by atoms with E-state index < -0.39 is 11.7 Å². The maximum atomic E-state index is 12.6. The quantitative estimate of drug-likeness (QED) is 0.697. The average Bonchev–Trinajstić information content (AvgIpc) is 2.96. The van der Waals surface area contributed by atoms with Gasteiger partial charge in [-0.25, -0.2) is 0 Å². The number of rotatable bonds is 2. The number of nitrogens with zero attached hydrogens (tertiary/aromatic N) is 3. The third kappa shape index (κ3) is 2.80. The largest absolute Gasteiger partial charge is 0.417 e. The van der Waals surface area contributed by atoms with Crippen LogP contribution in [-0.4, -0.2) is 15.1 Å². The molecule has 3 rings (SSSR count). The Morgan fingerprint density at radius 1 is 1.09 bits per heavy atom. The summed E-state index contributed by atoms with van der Waals surface area (Å²) in [4.78, 5) is 7.78. The van der Waals surface area contributed by atoms with Crippen LogP contribution >= 0.6 is 11.6 Å². The van der Waals surface area contributed by atoms with Crippen LogP contribution in [0.15, 0.2) is 47.1 Å². The van der Waals surface area contributed by atoms with Crippen LogP contribution in [0.3, 0.4) is 0 Å². The van der Waals surface area contributed by atoms with Gasteiger partial charge in [0.2, 0.25) is 5.82 Å². The Hall–Kier alpha value is -2.41. The van der Waals surface area contributed by atoms with Crippen molar-refractivity contribution < 1.29 is 17.7 Å². The molecule has 0 aliphatic heterocycles. The molecule has 0 aliphatic carbocycles. The van der Waals surface area contributed by atoms with Crippen molar-refractivity contribution in [2.24, 2.45) is 0 Å². The van der Waals surface area contributed by atoms with Crippen LogP contribution in [0.25, 0.3) is 23.0 Å². The van der Waals surface area contributed by atoms with Crippen molar-refractivity contribution in [3.8, 4) is 23.0 Å². The summed E-state index contributed by atoms with van der Waals surface area (Å²) in [5, 5.41) is 3.50. The third-order valence-electron chi connectivity index (χ3n) is 2.83. The molecule has 0 unspecified atom stereocenters. The topological polar surface area (TPSA) is 51.8 Å². The van der Waals surface area contributed by atoms with Crippen LogP contribution in [0.1, 0.15) is 5.56 Å². The minimum absolute atomic E-state index is 0.0255. The van der Waals surface area contributed by atoms with Gasteiger partial charge in [-0.1, -0.05) is 35.0 Å². The zero-order chi connectivity index (χ0) is 15.7. The van der Waals surface area contributed by atoms with Crippen molar-refractivity contribution in [2.75, 3.05) is 0 Å². The van der Waals surface area contributed by atoms with Crippen molar-refractivity contribution in [1.29, 1.82) is 0 Å². The molecule has 2 aromatic heterocycles. The third-order valence-corrected chi connectivity index (χ3v) is 3.12. The van der Waals surface area contributed by atoms with Crippen LogP contribution in [0.5, 0.6) is 0 Å². The van der Waals surface area contributed by atoms with E-state index in [4.69, 9.17) is 16.1 Å². The van der Waals surface area contributed by atoms with Crippen LogP contribution in [0, 0.1) is 0 Å². The first kappa shape index (κ1) is 14.5. The second kappa shape index (κ2) is 5.42. The Labute approximate surface area is 127 Å². The smallest absolute Gasteiger partial charge is 0.334 e. The van der Waals surface area contributed by atoms with E-state index in [0.29, 0.717) is 11.8 Å². The number of hydrogen-bond acceptors (Lipinski definition) is 4. The normalized spacial score (nSPS) is 11.6. The predicted octanol–water partition coefficient (Wildman–Crippen LogP) is 4.47. The van der Waals surface area contributed by atoms with Gasteiger partial charge in [0.05, 0.1) is 10.6 Å². The molecule has 0 spiro atoms. The fourth-order valence-corrected chi connectivity index (χ4v) is 2.03. The van der Waals surface area contributed by atoms with Gasteiger partial charge in [-0.15, -0.1) is 0 Å². The van der Waals surface area contributed by atoms with Crippen LogP contribution < -0.4 is 0 Å². The van der Waals surface area contributed by atoms with Crippen LogP contribution in [0.4, 0.5) is 13.2 Å². The minimum atomic E-state index is -4.51. The summed E-state index contributed by atoms with van der Waals surface area (Å²) in [7, 11) is 0. The van der Waals surface area contributed by atoms with Gasteiger partial charge in [0, 0.05) is 11.8 Å². The molecule has 22 heavy (non-hydrogen) atoms. The molecule has 1 aromatic carbocycles. The number of aromatic nitrogens is 3. The molecule has 112 valence electrons. The monoisotopic (exact) mass is 325 g/mol. The molecule has 8 heteroatoms. The maximum absolute atomic E-state index is 12.6. The van der Waals surface area contributed by atoms with Crippen molar-refractivity contribution in [2.45, 2.75) is 6.18 Å². The molecular weight excluding hydrogens is 319 g/mol. The minimum Gasteiger partial charge on any atom is -0.334 e. The molecule has 0 radical (unpaired) electrons. The number of benzene rings is 1. The highest BCUT2D eigenvalue weighted by molar-refractivity contribution is 6.32. The Morgan fingerprint density at radius 2 is 1.82 bits per heavy atom. The van der Waals surface area contributed by atoms with E-state index in [1.54, 1.807) is 24.3 Å². The summed E-state index contributed by atoms with van der Waals surface area (Å²) >= 11 is 5.84. The lowest BCUT2D eigenvalue weighted by Gasteiger charge is -2.07. The standard InChI is InChI=1S/C14H7ClF3N3O/c15-10-6-9(14(16,17)18)7-19-11(10)12-20-13(22-21-12)8-4-2-1-3-5-8/h1-7H. The van der Waals surface area contributed by atoms with Crippen molar-refractivity contribution >= 4 is 11.6 Å². The van der Waals surface area contributed by atoms with E-state index in [1.807, 2.05) is 6.07 Å². The van der Waals surface area contributed by atoms with Gasteiger partial charge >= 0.3 is 6.18 Å². The first-order chi connectivity index (χ1) is 10.4. The van der Waals surface area contributed by atoms with Gasteiger partial charge < -0.3 is 4.52 Å². The molecule has 0 aliphatic rings. The van der Waals surface area contributed by atoms with Crippen LogP contribution in [-0.2, 0) is 6.18 Å². The maximum Gasteiger partial charge on any atom is 0.417 e. The van der Waals surface area contributed by atoms with Gasteiger partial charge in [-0.2, -0.15) is 18.2 Å². The van der Waals surface area contributed by atoms with Crippen LogP contribution in [0.2, 0.25) is 5.02 Å². The highest BCUT2D eigenvalue weighted by Crippen LogP contribution is 2.33. The highest BCUT2D eigenvalue weighted by Gasteiger charge is 2.32. The molecule has 0 saturated heterocycles. The summed E-state index contributed by atoms with van der Waals surface area (Å²) in [6, 6.07) is 9.72. The van der Waals surface area contributed by atoms with Gasteiger partial charge in [0.15, 0.2) is 0 Å². The fourth-order valence-electron chi connectivity index (χ4n) is 1.78. The second-order valence-corrected chi connectivity index (χ2v) is 4.75. The lowest BCUT2D eigenvalue weighted by molar-refractivity contribution is -0.137. The van der Waals surface area contributed by atoms with Gasteiger partial charge in [-0.05, 0) is 18.2 Å². The summed E-state index contributed by atoms with van der Waals surface area (Å²) < 4.78 is 42.8. The molecule has 0 atom stereocenters. The average molecular weight is 326 g/mol. The van der Waals surface area contributed by atoms with Gasteiger partial charge in [0.1, 0.15) is 5.69 Å². The van der Waals surface area contributed by atoms with E-state index in [9.17, 15) is 13.2 Å². The molecular formula is C14H7ClF3N3O. The molecule has 3 aromatic rings. The first-order valence-electron chi connectivity index (χ1n) is 6.07. The molecule has 0 fully saturated rings. The number of halogens is 4. The summed E-state index contributed by atoms with van der Waals surface area (Å²) in [5.41, 5.74) is -0.224. The van der Waals surface area contributed by atoms with Crippen molar-refractivity contribution in [3.05, 3.63) is 53.2 Å². The van der Waals surface area contributed by atoms with E-state index in [1.165, 1.54) is 0 Å². The lowest BCUT2D eigenvalue weighted by atomic mass is 10.2. The zero-order valence-corrected chi connectivity index (χ0v) is 11.6. The highest BCUT2D eigenvalue weighted by atomic mass is 35.5. The Bertz CT molecular complexity index is 803. The predicted molar refractivity (Wildman–Crippen MR) is 73.0 cm³/mol. The molecule has 0 amide bonds. The number of hydrogen-bond donors (Lipinski definition) is 0. The first-order valence-corrected chi connectivity index (χ1v) is 6.45. The van der Waals surface area contributed by atoms with E-state index in [0.717, 1.165) is 6.07 Å². The Morgan fingerprint density at radius 3 is 2.45 bits per heavy atom. The number of pyridine rings is 1. The van der Waals surface area contributed by atoms with Crippen molar-refractivity contribution in [1.82, 2.24) is 15.1 Å². The molecule has 2 heterocycles. The van der Waals surface area contributed by atoms with Gasteiger partial charge in [-0.3, -0.25) is 4.98 Å². The summed E-state index contributed by atoms with van der Waals surface area (Å²) in [6.07, 6.45) is -3.83. The van der Waals surface area contributed by atoms with Gasteiger partial charge in [0.25, 0.3) is 5.89 Å². The lowest BCUT2D eigenvalue weighted by Crippen LogP contribution is -2.06. The fraction of sp³-hybridized carbons (Fsp3) is 0.0714. The molecule has 0 N–H and O–H groups in total. The second-order valence-electron chi connectivity index (χ2n) is 4.34. The van der Waals surface area contributed by atoms with E-state index in [-0.39, 0.29) is 22.4 Å². The molecule has 0 bridgehead atoms. The SMILES string of the molecule is FC(F)(F)c1cnc(-c2noc(-c3ccccc3)n2)c(Cl)c1. The Kier molecular flexibility index (Phi) is 3.58. The summed E-state index contributed by atoms with van der Waals surface area (Å²) in [6.45, 7) is 0. The summed E-state index contributed by atoms with van der Waals surface area (Å²) in [5.74, 6) is 0.256. The number of alkyl halides is 3.